The van der Waals surface area contributed by atoms with Crippen molar-refractivity contribution in [3.05, 3.63) is 77.5 Å². The van der Waals surface area contributed by atoms with Gasteiger partial charge in [0.2, 0.25) is 5.82 Å². The summed E-state index contributed by atoms with van der Waals surface area (Å²) in [6.07, 6.45) is 5.71. The van der Waals surface area contributed by atoms with E-state index in [1.807, 2.05) is 6.07 Å². The van der Waals surface area contributed by atoms with Gasteiger partial charge in [0.15, 0.2) is 11.7 Å². The first-order chi connectivity index (χ1) is 17.5. The first-order valence-corrected chi connectivity index (χ1v) is 12.6. The smallest absolute Gasteiger partial charge is 0.327 e. The molecule has 182 valence electrons. The molecule has 1 fully saturated rings. The molecule has 4 aromatic rings. The van der Waals surface area contributed by atoms with Crippen LogP contribution in [0.4, 0.5) is 5.13 Å². The monoisotopic (exact) mass is 500 g/mol. The molecule has 10 heteroatoms. The molecule has 0 unspecified atom stereocenters. The van der Waals surface area contributed by atoms with Crippen LogP contribution >= 0.6 is 11.3 Å². The maximum atomic E-state index is 10.9. The maximum Gasteiger partial charge on any atom is 0.327 e. The topological polar surface area (TPSA) is 106 Å². The van der Waals surface area contributed by atoms with Crippen molar-refractivity contribution in [3.63, 3.8) is 0 Å². The zero-order chi connectivity index (χ0) is 24.7. The van der Waals surface area contributed by atoms with Crippen LogP contribution in [0, 0.1) is 6.92 Å². The third-order valence-corrected chi connectivity index (χ3v) is 7.71. The van der Waals surface area contributed by atoms with Gasteiger partial charge in [-0.05, 0) is 41.0 Å². The Bertz CT molecular complexity index is 1470. The van der Waals surface area contributed by atoms with Gasteiger partial charge in [-0.15, -0.1) is 10.2 Å². The molecule has 0 radical (unpaired) electrons. The van der Waals surface area contributed by atoms with E-state index in [2.05, 4.69) is 80.8 Å². The summed E-state index contributed by atoms with van der Waals surface area (Å²) in [6, 6.07) is 16.8. The van der Waals surface area contributed by atoms with Crippen LogP contribution in [-0.4, -0.2) is 55.0 Å². The second kappa shape index (κ2) is 8.87. The SMILES string of the molecule is Cc1ccccc1C1=CC2(CCN(c3ncc(-c4nnn(CC(=O)O)n4)s3)CC2)Oc2ccccc21. The molecule has 2 aliphatic heterocycles. The van der Waals surface area contributed by atoms with E-state index in [4.69, 9.17) is 9.84 Å². The Morgan fingerprint density at radius 3 is 2.64 bits per heavy atom. The fourth-order valence-corrected chi connectivity index (χ4v) is 5.72. The highest BCUT2D eigenvalue weighted by Gasteiger charge is 2.39. The number of aryl methyl sites for hydroxylation is 1. The number of rotatable bonds is 5. The van der Waals surface area contributed by atoms with Gasteiger partial charge < -0.3 is 14.7 Å². The molecule has 1 spiro atoms. The van der Waals surface area contributed by atoms with E-state index >= 15 is 0 Å². The Balaban J connectivity index is 1.23. The Kier molecular flexibility index (Phi) is 5.52. The van der Waals surface area contributed by atoms with Crippen LogP contribution < -0.4 is 9.64 Å². The molecule has 4 heterocycles. The number of aliphatic carboxylic acids is 1. The van der Waals surface area contributed by atoms with E-state index in [9.17, 15) is 4.79 Å². The minimum atomic E-state index is -1.02. The number of benzene rings is 2. The molecule has 6 rings (SSSR count). The van der Waals surface area contributed by atoms with Crippen molar-refractivity contribution in [2.75, 3.05) is 18.0 Å². The average Bonchev–Trinajstić information content (AvgIpc) is 3.54. The van der Waals surface area contributed by atoms with Crippen LogP contribution in [0.15, 0.2) is 60.8 Å². The highest BCUT2D eigenvalue weighted by atomic mass is 32.1. The van der Waals surface area contributed by atoms with Gasteiger partial charge in [-0.1, -0.05) is 53.8 Å². The van der Waals surface area contributed by atoms with E-state index in [1.54, 1.807) is 6.20 Å². The second-order valence-electron chi connectivity index (χ2n) is 9.07. The molecule has 1 saturated heterocycles. The molecule has 0 atom stereocenters. The van der Waals surface area contributed by atoms with E-state index in [0.717, 1.165) is 52.0 Å². The van der Waals surface area contributed by atoms with E-state index < -0.39 is 5.97 Å². The lowest BCUT2D eigenvalue weighted by molar-refractivity contribution is -0.138. The van der Waals surface area contributed by atoms with Crippen molar-refractivity contribution >= 4 is 28.0 Å². The highest BCUT2D eigenvalue weighted by Crippen LogP contribution is 2.44. The number of hydrogen-bond donors (Lipinski definition) is 1. The lowest BCUT2D eigenvalue weighted by Gasteiger charge is -2.43. The summed E-state index contributed by atoms with van der Waals surface area (Å²) in [5.41, 5.74) is 4.48. The number of carbonyl (C=O) groups is 1. The number of tetrazole rings is 1. The number of nitrogens with zero attached hydrogens (tertiary/aromatic N) is 6. The van der Waals surface area contributed by atoms with Crippen LogP contribution in [0.2, 0.25) is 0 Å². The van der Waals surface area contributed by atoms with Gasteiger partial charge in [0.25, 0.3) is 0 Å². The number of carboxylic acids is 1. The maximum absolute atomic E-state index is 10.9. The summed E-state index contributed by atoms with van der Waals surface area (Å²) in [5.74, 6) is 0.295. The van der Waals surface area contributed by atoms with Crippen molar-refractivity contribution in [2.45, 2.75) is 31.9 Å². The van der Waals surface area contributed by atoms with Gasteiger partial charge in [-0.2, -0.15) is 4.80 Å². The molecule has 36 heavy (non-hydrogen) atoms. The number of ether oxygens (including phenoxy) is 1. The van der Waals surface area contributed by atoms with Gasteiger partial charge in [0, 0.05) is 31.5 Å². The van der Waals surface area contributed by atoms with Crippen LogP contribution in [0.25, 0.3) is 16.3 Å². The molecule has 0 bridgehead atoms. The molecule has 2 aromatic heterocycles. The summed E-state index contributed by atoms with van der Waals surface area (Å²) in [5, 5.41) is 21.7. The molecule has 2 aliphatic rings. The van der Waals surface area contributed by atoms with E-state index in [1.165, 1.54) is 28.0 Å². The molecule has 0 aliphatic carbocycles. The number of para-hydroxylation sites is 1. The largest absolute Gasteiger partial charge is 0.482 e. The van der Waals surface area contributed by atoms with Crippen molar-refractivity contribution < 1.29 is 14.6 Å². The van der Waals surface area contributed by atoms with Crippen molar-refractivity contribution in [1.82, 2.24) is 25.2 Å². The normalized spacial score (nSPS) is 16.4. The zero-order valence-corrected chi connectivity index (χ0v) is 20.5. The Labute approximate surface area is 211 Å². The van der Waals surface area contributed by atoms with Crippen molar-refractivity contribution in [1.29, 1.82) is 0 Å². The average molecular weight is 501 g/mol. The van der Waals surface area contributed by atoms with Crippen LogP contribution in [0.3, 0.4) is 0 Å². The van der Waals surface area contributed by atoms with Gasteiger partial charge in [0.1, 0.15) is 11.4 Å². The van der Waals surface area contributed by atoms with Crippen molar-refractivity contribution in [3.8, 4) is 16.5 Å². The fourth-order valence-electron chi connectivity index (χ4n) is 4.83. The number of thiazole rings is 1. The molecule has 0 amide bonds. The van der Waals surface area contributed by atoms with Gasteiger partial charge in [-0.25, -0.2) is 4.98 Å². The molecule has 9 nitrogen and oxygen atoms in total. The lowest BCUT2D eigenvalue weighted by Crippen LogP contribution is -2.48. The molecule has 1 N–H and O–H groups in total. The third-order valence-electron chi connectivity index (χ3n) is 6.66. The summed E-state index contributed by atoms with van der Waals surface area (Å²) >= 11 is 1.48. The summed E-state index contributed by atoms with van der Waals surface area (Å²) < 4.78 is 6.65. The van der Waals surface area contributed by atoms with E-state index in [0.29, 0.717) is 5.82 Å². The van der Waals surface area contributed by atoms with Gasteiger partial charge in [-0.3, -0.25) is 4.79 Å². The minimum Gasteiger partial charge on any atom is -0.482 e. The van der Waals surface area contributed by atoms with E-state index in [-0.39, 0.29) is 12.1 Å². The second-order valence-corrected chi connectivity index (χ2v) is 10.1. The van der Waals surface area contributed by atoms with Crippen LogP contribution in [0.1, 0.15) is 29.5 Å². The lowest BCUT2D eigenvalue weighted by atomic mass is 9.82. The Morgan fingerprint density at radius 2 is 1.86 bits per heavy atom. The van der Waals surface area contributed by atoms with Crippen molar-refractivity contribution in [2.24, 2.45) is 0 Å². The zero-order valence-electron chi connectivity index (χ0n) is 19.7. The number of piperidine rings is 1. The van der Waals surface area contributed by atoms with Gasteiger partial charge >= 0.3 is 5.97 Å². The number of fused-ring (bicyclic) bond motifs is 1. The standard InChI is InChI=1S/C26H24N6O3S/c1-17-6-2-3-7-18(17)20-14-26(35-21-9-5-4-8-19(20)21)10-12-31(13-11-26)25-27-15-22(36-25)24-28-30-32(29-24)16-23(33)34/h2-9,14-15H,10-13,16H2,1H3,(H,33,34). The Hall–Kier alpha value is -4.05. The number of hydrogen-bond acceptors (Lipinski definition) is 8. The molecular weight excluding hydrogens is 476 g/mol. The first-order valence-electron chi connectivity index (χ1n) is 11.8. The highest BCUT2D eigenvalue weighted by molar-refractivity contribution is 7.18. The van der Waals surface area contributed by atoms with Gasteiger partial charge in [0.05, 0.1) is 11.1 Å². The van der Waals surface area contributed by atoms with Crippen LogP contribution in [-0.2, 0) is 11.3 Å². The van der Waals surface area contributed by atoms with Crippen LogP contribution in [0.5, 0.6) is 5.75 Å². The number of carboxylic acid groups (broad SMARTS) is 1. The molecule has 0 saturated carbocycles. The minimum absolute atomic E-state index is 0.325. The Morgan fingerprint density at radius 1 is 1.11 bits per heavy atom. The number of anilines is 1. The fraction of sp³-hybridized carbons (Fsp3) is 0.269. The summed E-state index contributed by atoms with van der Waals surface area (Å²) in [7, 11) is 0. The summed E-state index contributed by atoms with van der Waals surface area (Å²) in [6.45, 7) is 3.42. The molecular formula is C26H24N6O3S. The molecule has 2 aromatic carbocycles. The summed E-state index contributed by atoms with van der Waals surface area (Å²) in [4.78, 5) is 19.5. The predicted molar refractivity (Wildman–Crippen MR) is 136 cm³/mol. The quantitative estimate of drug-likeness (QED) is 0.437. The first kappa shape index (κ1) is 22.4. The predicted octanol–water partition coefficient (Wildman–Crippen LogP) is 4.05. The third kappa shape index (κ3) is 4.13. The number of aromatic nitrogens is 5.